The van der Waals surface area contributed by atoms with Crippen LogP contribution in [0.3, 0.4) is 0 Å². The van der Waals surface area contributed by atoms with Gasteiger partial charge in [0.15, 0.2) is 0 Å². The van der Waals surface area contributed by atoms with Crippen LogP contribution in [-0.2, 0) is 0 Å². The molecular formula is C61H37N3. The van der Waals surface area contributed by atoms with Gasteiger partial charge in [-0.1, -0.05) is 146 Å². The summed E-state index contributed by atoms with van der Waals surface area (Å²) in [5, 5.41) is 7.63. The van der Waals surface area contributed by atoms with E-state index in [1.54, 1.807) is 0 Å². The lowest BCUT2D eigenvalue weighted by molar-refractivity contribution is 1.05. The molecule has 296 valence electrons. The molecule has 10 aromatic carbocycles. The summed E-state index contributed by atoms with van der Waals surface area (Å²) in [6.07, 6.45) is 0. The molecule has 0 amide bonds. The van der Waals surface area contributed by atoms with Crippen LogP contribution in [0.25, 0.3) is 99.0 Å². The summed E-state index contributed by atoms with van der Waals surface area (Å²) >= 11 is 0. The Hall–Kier alpha value is -8.40. The van der Waals surface area contributed by atoms with Crippen molar-refractivity contribution in [2.45, 2.75) is 5.92 Å². The van der Waals surface area contributed by atoms with Crippen LogP contribution in [0.2, 0.25) is 0 Å². The predicted molar refractivity (Wildman–Crippen MR) is 267 cm³/mol. The van der Waals surface area contributed by atoms with Gasteiger partial charge in [-0.15, -0.1) is 0 Å². The van der Waals surface area contributed by atoms with Gasteiger partial charge in [0.2, 0.25) is 0 Å². The molecule has 2 aliphatic carbocycles. The van der Waals surface area contributed by atoms with Crippen LogP contribution in [0, 0.1) is 0 Å². The van der Waals surface area contributed by atoms with E-state index >= 15 is 0 Å². The van der Waals surface area contributed by atoms with Gasteiger partial charge in [-0.2, -0.15) is 0 Å². The first-order valence-corrected chi connectivity index (χ1v) is 22.3. The van der Waals surface area contributed by atoms with Crippen molar-refractivity contribution in [1.29, 1.82) is 0 Å². The molecule has 13 aromatic rings. The van der Waals surface area contributed by atoms with Crippen LogP contribution in [0.4, 0.5) is 17.1 Å². The number of nitrogens with zero attached hydrogens (tertiary/aromatic N) is 3. The molecular weight excluding hydrogens is 775 g/mol. The van der Waals surface area contributed by atoms with Gasteiger partial charge >= 0.3 is 0 Å². The number of anilines is 3. The third-order valence-corrected chi connectivity index (χ3v) is 14.4. The van der Waals surface area contributed by atoms with Gasteiger partial charge in [-0.3, -0.25) is 0 Å². The summed E-state index contributed by atoms with van der Waals surface area (Å²) < 4.78 is 4.85. The number of hydrogen-bond donors (Lipinski definition) is 0. The second-order valence-corrected chi connectivity index (χ2v) is 17.6. The van der Waals surface area contributed by atoms with Crippen molar-refractivity contribution in [3.8, 4) is 39.1 Å². The predicted octanol–water partition coefficient (Wildman–Crippen LogP) is 16.2. The Morgan fingerprint density at radius 1 is 0.328 bits per heavy atom. The van der Waals surface area contributed by atoms with Crippen molar-refractivity contribution in [3.63, 3.8) is 0 Å². The van der Waals surface area contributed by atoms with Crippen molar-refractivity contribution in [1.82, 2.24) is 8.97 Å². The average Bonchev–Trinajstić information content (AvgIpc) is 4.15. The van der Waals surface area contributed by atoms with Gasteiger partial charge in [0.25, 0.3) is 0 Å². The normalized spacial score (nSPS) is 12.9. The molecule has 0 N–H and O–H groups in total. The summed E-state index contributed by atoms with van der Waals surface area (Å²) in [6.45, 7) is 0. The molecule has 0 aliphatic heterocycles. The first kappa shape index (κ1) is 34.2. The van der Waals surface area contributed by atoms with Crippen molar-refractivity contribution in [2.24, 2.45) is 0 Å². The zero-order valence-electron chi connectivity index (χ0n) is 34.7. The quantitative estimate of drug-likeness (QED) is 0.169. The van der Waals surface area contributed by atoms with E-state index in [-0.39, 0.29) is 5.92 Å². The fourth-order valence-electron chi connectivity index (χ4n) is 11.8. The van der Waals surface area contributed by atoms with Gasteiger partial charge in [0, 0.05) is 61.0 Å². The maximum absolute atomic E-state index is 2.51. The largest absolute Gasteiger partial charge is 0.310 e. The number of fused-ring (bicyclic) bond motifs is 15. The number of hydrogen-bond acceptors (Lipinski definition) is 1. The number of aromatic nitrogens is 2. The monoisotopic (exact) mass is 811 g/mol. The zero-order chi connectivity index (χ0) is 41.6. The van der Waals surface area contributed by atoms with Gasteiger partial charge < -0.3 is 13.9 Å². The fraction of sp³-hybridized carbons (Fsp3) is 0.0164. The Labute approximate surface area is 369 Å². The highest BCUT2D eigenvalue weighted by molar-refractivity contribution is 6.24. The summed E-state index contributed by atoms with van der Waals surface area (Å²) in [4.78, 5) is 2.51. The van der Waals surface area contributed by atoms with Crippen molar-refractivity contribution in [3.05, 3.63) is 235 Å². The molecule has 0 fully saturated rings. The third kappa shape index (κ3) is 4.50. The van der Waals surface area contributed by atoms with Crippen molar-refractivity contribution in [2.75, 3.05) is 4.90 Å². The van der Waals surface area contributed by atoms with Gasteiger partial charge in [-0.05, 0) is 123 Å². The summed E-state index contributed by atoms with van der Waals surface area (Å²) in [5.74, 6) is 0.264. The van der Waals surface area contributed by atoms with Crippen LogP contribution in [0.5, 0.6) is 0 Å². The minimum atomic E-state index is 0.264. The lowest BCUT2D eigenvalue weighted by Crippen LogP contribution is -2.10. The Kier molecular flexibility index (Phi) is 6.73. The maximum atomic E-state index is 2.51. The van der Waals surface area contributed by atoms with Crippen molar-refractivity contribution < 1.29 is 0 Å². The standard InChI is InChI=1S/C61H37N3/c1-3-19-49-43(13-1)51-33-41(34-52-44-14-2-4-20-50(44)59(49)60(51)52)62(42-35-53-47-17-7-11-23-57(47)64-58-24-12-8-18-48(58)54(36-42)61(53)64)39-29-25-37(26-30-39)38-27-31-40(32-28-38)63-55-21-9-5-15-45(55)46-16-6-10-22-56(46)63/h1-36,59H. The maximum Gasteiger partial charge on any atom is 0.0622 e. The first-order valence-electron chi connectivity index (χ1n) is 22.3. The lowest BCUT2D eigenvalue weighted by Gasteiger charge is -2.27. The molecule has 2 aliphatic rings. The summed E-state index contributed by atoms with van der Waals surface area (Å²) in [6, 6.07) is 81.3. The lowest BCUT2D eigenvalue weighted by atomic mass is 9.93. The van der Waals surface area contributed by atoms with Crippen LogP contribution in [-0.4, -0.2) is 8.97 Å². The van der Waals surface area contributed by atoms with Crippen LogP contribution >= 0.6 is 0 Å². The minimum Gasteiger partial charge on any atom is -0.310 e. The highest BCUT2D eigenvalue weighted by atomic mass is 15.1. The Bertz CT molecular complexity index is 3870. The molecule has 3 heteroatoms. The second kappa shape index (κ2) is 12.6. The average molecular weight is 812 g/mol. The molecule has 0 spiro atoms. The zero-order valence-corrected chi connectivity index (χ0v) is 34.7. The molecule has 15 rings (SSSR count). The smallest absolute Gasteiger partial charge is 0.0622 e. The van der Waals surface area contributed by atoms with E-state index in [4.69, 9.17) is 0 Å². The van der Waals surface area contributed by atoms with E-state index in [9.17, 15) is 0 Å². The molecule has 0 bridgehead atoms. The molecule has 0 saturated heterocycles. The number of rotatable bonds is 5. The second-order valence-electron chi connectivity index (χ2n) is 17.6. The first-order chi connectivity index (χ1) is 31.8. The number of para-hydroxylation sites is 4. The van der Waals surface area contributed by atoms with Gasteiger partial charge in [0.1, 0.15) is 0 Å². The molecule has 0 atom stereocenters. The Morgan fingerprint density at radius 2 is 0.750 bits per heavy atom. The molecule has 3 aromatic heterocycles. The third-order valence-electron chi connectivity index (χ3n) is 14.4. The van der Waals surface area contributed by atoms with Crippen LogP contribution in [0.15, 0.2) is 218 Å². The van der Waals surface area contributed by atoms with E-state index in [2.05, 4.69) is 232 Å². The van der Waals surface area contributed by atoms with Gasteiger partial charge in [-0.25, -0.2) is 0 Å². The summed E-state index contributed by atoms with van der Waals surface area (Å²) in [7, 11) is 0. The summed E-state index contributed by atoms with van der Waals surface area (Å²) in [5.41, 5.74) is 22.7. The van der Waals surface area contributed by atoms with E-state index in [0.717, 1.165) is 22.7 Å². The topological polar surface area (TPSA) is 12.6 Å². The Morgan fingerprint density at radius 3 is 1.28 bits per heavy atom. The molecule has 3 heterocycles. The number of benzene rings is 10. The van der Waals surface area contributed by atoms with Gasteiger partial charge in [0.05, 0.1) is 27.6 Å². The van der Waals surface area contributed by atoms with E-state index in [1.165, 1.54) is 110 Å². The molecule has 64 heavy (non-hydrogen) atoms. The van der Waals surface area contributed by atoms with E-state index in [1.807, 2.05) is 0 Å². The highest BCUT2D eigenvalue weighted by Crippen LogP contribution is 2.59. The molecule has 0 radical (unpaired) electrons. The molecule has 3 nitrogen and oxygen atoms in total. The molecule has 0 unspecified atom stereocenters. The van der Waals surface area contributed by atoms with Crippen LogP contribution < -0.4 is 4.90 Å². The molecule has 0 saturated carbocycles. The van der Waals surface area contributed by atoms with Crippen molar-refractivity contribution >= 4 is 77.0 Å². The highest BCUT2D eigenvalue weighted by Gasteiger charge is 2.39. The fourth-order valence-corrected chi connectivity index (χ4v) is 11.8. The Balaban J connectivity index is 0.925. The minimum absolute atomic E-state index is 0.264. The van der Waals surface area contributed by atoms with E-state index < -0.39 is 0 Å². The van der Waals surface area contributed by atoms with E-state index in [0.29, 0.717) is 0 Å². The SMILES string of the molecule is c1ccc2c(c1)-c1cc(N(c3ccc(-c4ccc(-n5c6ccccc6c6ccccc65)cc4)cc3)c3cc4c5ccccc5n5c6ccccc6c(c3)c45)cc3c1C2c1ccccc1-3. The van der Waals surface area contributed by atoms with Crippen LogP contribution in [0.1, 0.15) is 22.6 Å².